The van der Waals surface area contributed by atoms with Crippen molar-refractivity contribution in [1.29, 1.82) is 0 Å². The van der Waals surface area contributed by atoms with E-state index in [1.54, 1.807) is 11.3 Å². The van der Waals surface area contributed by atoms with E-state index in [0.29, 0.717) is 12.1 Å². The second-order valence-electron chi connectivity index (χ2n) is 5.37. The van der Waals surface area contributed by atoms with E-state index in [2.05, 4.69) is 22.4 Å². The van der Waals surface area contributed by atoms with Crippen molar-refractivity contribution in [2.24, 2.45) is 0 Å². The predicted octanol–water partition coefficient (Wildman–Crippen LogP) is 4.36. The van der Waals surface area contributed by atoms with Gasteiger partial charge < -0.3 is 5.32 Å². The van der Waals surface area contributed by atoms with Gasteiger partial charge in [0.1, 0.15) is 0 Å². The molecule has 0 unspecified atom stereocenters. The first-order valence-corrected chi connectivity index (χ1v) is 8.32. The van der Waals surface area contributed by atoms with Crippen molar-refractivity contribution >= 4 is 17.2 Å². The van der Waals surface area contributed by atoms with Gasteiger partial charge in [-0.3, -0.25) is 4.79 Å². The van der Waals surface area contributed by atoms with Crippen molar-refractivity contribution < 1.29 is 4.79 Å². The standard InChI is InChI=1S/C19H18N2OS/c1-13-18(23-14(2)21-13)12-20-19(22)17-10-8-16(9-11-17)15-6-4-3-5-7-15/h3-11H,12H2,1-2H3,(H,20,22). The fourth-order valence-corrected chi connectivity index (χ4v) is 3.32. The average Bonchev–Trinajstić information content (AvgIpc) is 2.91. The van der Waals surface area contributed by atoms with Crippen LogP contribution in [0.1, 0.15) is 25.9 Å². The summed E-state index contributed by atoms with van der Waals surface area (Å²) in [6.45, 7) is 4.47. The molecule has 0 aliphatic carbocycles. The Labute approximate surface area is 140 Å². The highest BCUT2D eigenvalue weighted by Crippen LogP contribution is 2.20. The van der Waals surface area contributed by atoms with E-state index in [-0.39, 0.29) is 5.91 Å². The van der Waals surface area contributed by atoms with Gasteiger partial charge >= 0.3 is 0 Å². The molecule has 4 heteroatoms. The summed E-state index contributed by atoms with van der Waals surface area (Å²) in [6, 6.07) is 17.8. The van der Waals surface area contributed by atoms with Crippen molar-refractivity contribution in [2.45, 2.75) is 20.4 Å². The summed E-state index contributed by atoms with van der Waals surface area (Å²) < 4.78 is 0. The molecule has 1 aromatic heterocycles. The Balaban J connectivity index is 1.67. The molecule has 1 heterocycles. The normalized spacial score (nSPS) is 10.5. The zero-order valence-corrected chi connectivity index (χ0v) is 14.0. The SMILES string of the molecule is Cc1nc(C)c(CNC(=O)c2ccc(-c3ccccc3)cc2)s1. The first kappa shape index (κ1) is 15.4. The molecule has 0 atom stereocenters. The second-order valence-corrected chi connectivity index (χ2v) is 6.66. The number of aryl methyl sites for hydroxylation is 2. The molecule has 0 radical (unpaired) electrons. The smallest absolute Gasteiger partial charge is 0.251 e. The van der Waals surface area contributed by atoms with Crippen molar-refractivity contribution in [3.05, 3.63) is 75.7 Å². The number of nitrogens with zero attached hydrogens (tertiary/aromatic N) is 1. The minimum absolute atomic E-state index is 0.0601. The number of benzene rings is 2. The van der Waals surface area contributed by atoms with Gasteiger partial charge in [-0.05, 0) is 37.1 Å². The Morgan fingerprint density at radius 1 is 1.00 bits per heavy atom. The molecule has 0 saturated carbocycles. The first-order chi connectivity index (χ1) is 11.1. The third-order valence-electron chi connectivity index (χ3n) is 3.66. The van der Waals surface area contributed by atoms with Gasteiger partial charge in [0.25, 0.3) is 5.91 Å². The zero-order valence-electron chi connectivity index (χ0n) is 13.2. The van der Waals surface area contributed by atoms with Gasteiger partial charge in [0.05, 0.1) is 17.2 Å². The van der Waals surface area contributed by atoms with Crippen LogP contribution in [0.4, 0.5) is 0 Å². The molecule has 0 fully saturated rings. The van der Waals surface area contributed by atoms with Crippen molar-refractivity contribution in [3.63, 3.8) is 0 Å². The molecule has 1 N–H and O–H groups in total. The Hall–Kier alpha value is -2.46. The fraction of sp³-hybridized carbons (Fsp3) is 0.158. The molecule has 0 saturated heterocycles. The maximum absolute atomic E-state index is 12.3. The summed E-state index contributed by atoms with van der Waals surface area (Å²) in [4.78, 5) is 17.7. The maximum Gasteiger partial charge on any atom is 0.251 e. The zero-order chi connectivity index (χ0) is 16.2. The van der Waals surface area contributed by atoms with Crippen LogP contribution in [0.2, 0.25) is 0 Å². The Kier molecular flexibility index (Phi) is 4.53. The molecule has 0 aliphatic rings. The van der Waals surface area contributed by atoms with E-state index in [1.807, 2.05) is 56.3 Å². The third kappa shape index (κ3) is 3.66. The van der Waals surface area contributed by atoms with Crippen molar-refractivity contribution in [1.82, 2.24) is 10.3 Å². The van der Waals surface area contributed by atoms with Crippen molar-refractivity contribution in [3.8, 4) is 11.1 Å². The van der Waals surface area contributed by atoms with Gasteiger partial charge in [0, 0.05) is 10.4 Å². The highest BCUT2D eigenvalue weighted by molar-refractivity contribution is 7.11. The number of thiazole rings is 1. The Morgan fingerprint density at radius 3 is 2.26 bits per heavy atom. The van der Waals surface area contributed by atoms with Crippen LogP contribution in [0.5, 0.6) is 0 Å². The summed E-state index contributed by atoms with van der Waals surface area (Å²) in [7, 11) is 0. The monoisotopic (exact) mass is 322 g/mol. The van der Waals surface area contributed by atoms with Crippen LogP contribution in [0.3, 0.4) is 0 Å². The van der Waals surface area contributed by atoms with E-state index in [4.69, 9.17) is 0 Å². The molecule has 116 valence electrons. The number of hydrogen-bond donors (Lipinski definition) is 1. The Morgan fingerprint density at radius 2 is 1.65 bits per heavy atom. The van der Waals surface area contributed by atoms with Crippen LogP contribution in [0, 0.1) is 13.8 Å². The lowest BCUT2D eigenvalue weighted by Crippen LogP contribution is -2.22. The molecular formula is C19H18N2OS. The molecule has 0 spiro atoms. The number of carbonyl (C=O) groups is 1. The summed E-state index contributed by atoms with van der Waals surface area (Å²) >= 11 is 1.63. The van der Waals surface area contributed by atoms with Crippen LogP contribution >= 0.6 is 11.3 Å². The quantitative estimate of drug-likeness (QED) is 0.775. The van der Waals surface area contributed by atoms with Crippen molar-refractivity contribution in [2.75, 3.05) is 0 Å². The van der Waals surface area contributed by atoms with Gasteiger partial charge in [-0.2, -0.15) is 0 Å². The minimum Gasteiger partial charge on any atom is -0.347 e. The lowest BCUT2D eigenvalue weighted by Gasteiger charge is -2.06. The summed E-state index contributed by atoms with van der Waals surface area (Å²) in [5.74, 6) is -0.0601. The molecule has 3 nitrogen and oxygen atoms in total. The van der Waals surface area contributed by atoms with Crippen LogP contribution in [0.15, 0.2) is 54.6 Å². The topological polar surface area (TPSA) is 42.0 Å². The predicted molar refractivity (Wildman–Crippen MR) is 94.6 cm³/mol. The van der Waals surface area contributed by atoms with Gasteiger partial charge in [0.15, 0.2) is 0 Å². The molecule has 0 aliphatic heterocycles. The molecule has 3 rings (SSSR count). The largest absolute Gasteiger partial charge is 0.347 e. The van der Waals surface area contributed by atoms with E-state index < -0.39 is 0 Å². The number of rotatable bonds is 4. The number of aromatic nitrogens is 1. The number of nitrogens with one attached hydrogen (secondary N) is 1. The minimum atomic E-state index is -0.0601. The molecule has 3 aromatic rings. The summed E-state index contributed by atoms with van der Waals surface area (Å²) in [5, 5.41) is 3.99. The molecular weight excluding hydrogens is 304 g/mol. The van der Waals surface area contributed by atoms with E-state index in [1.165, 1.54) is 0 Å². The van der Waals surface area contributed by atoms with E-state index >= 15 is 0 Å². The lowest BCUT2D eigenvalue weighted by molar-refractivity contribution is 0.0951. The Bertz CT molecular complexity index is 807. The lowest BCUT2D eigenvalue weighted by atomic mass is 10.0. The molecule has 1 amide bonds. The summed E-state index contributed by atoms with van der Waals surface area (Å²) in [5.41, 5.74) is 3.92. The number of amides is 1. The number of hydrogen-bond acceptors (Lipinski definition) is 3. The van der Waals surface area contributed by atoms with Crippen LogP contribution in [-0.4, -0.2) is 10.9 Å². The fourth-order valence-electron chi connectivity index (χ4n) is 2.44. The van der Waals surface area contributed by atoms with Gasteiger partial charge in [-0.15, -0.1) is 11.3 Å². The van der Waals surface area contributed by atoms with Crippen LogP contribution in [-0.2, 0) is 6.54 Å². The maximum atomic E-state index is 12.3. The van der Waals surface area contributed by atoms with E-state index in [0.717, 1.165) is 26.7 Å². The third-order valence-corrected chi connectivity index (χ3v) is 4.74. The molecule has 0 bridgehead atoms. The highest BCUT2D eigenvalue weighted by Gasteiger charge is 2.09. The van der Waals surface area contributed by atoms with Gasteiger partial charge in [-0.1, -0.05) is 42.5 Å². The second kappa shape index (κ2) is 6.75. The molecule has 23 heavy (non-hydrogen) atoms. The average molecular weight is 322 g/mol. The molecule has 2 aromatic carbocycles. The number of carbonyl (C=O) groups excluding carboxylic acids is 1. The van der Waals surface area contributed by atoms with Crippen LogP contribution in [0.25, 0.3) is 11.1 Å². The van der Waals surface area contributed by atoms with Gasteiger partial charge in [-0.25, -0.2) is 4.98 Å². The summed E-state index contributed by atoms with van der Waals surface area (Å²) in [6.07, 6.45) is 0. The van der Waals surface area contributed by atoms with Crippen LogP contribution < -0.4 is 5.32 Å². The van der Waals surface area contributed by atoms with Gasteiger partial charge in [0.2, 0.25) is 0 Å². The van der Waals surface area contributed by atoms with E-state index in [9.17, 15) is 4.79 Å². The highest BCUT2D eigenvalue weighted by atomic mass is 32.1. The first-order valence-electron chi connectivity index (χ1n) is 7.50.